The Labute approximate surface area is 155 Å². The lowest BCUT2D eigenvalue weighted by Crippen LogP contribution is -2.44. The largest absolute Gasteiger partial charge is 0.465 e. The molecule has 1 atom stereocenters. The number of piperidine rings is 1. The lowest BCUT2D eigenvalue weighted by Gasteiger charge is -2.31. The summed E-state index contributed by atoms with van der Waals surface area (Å²) in [5.74, 6) is 1.26. The van der Waals surface area contributed by atoms with E-state index in [4.69, 9.17) is 4.42 Å². The average Bonchev–Trinajstić information content (AvgIpc) is 3.15. The Morgan fingerprint density at radius 3 is 2.93 bits per heavy atom. The molecule has 3 aromatic rings. The van der Waals surface area contributed by atoms with Gasteiger partial charge in [0.2, 0.25) is 0 Å². The zero-order chi connectivity index (χ0) is 18.8. The molecule has 3 heterocycles. The number of fused-ring (bicyclic) bond motifs is 1. The Kier molecular flexibility index (Phi) is 4.38. The lowest BCUT2D eigenvalue weighted by atomic mass is 10.1. The summed E-state index contributed by atoms with van der Waals surface area (Å²) in [6, 6.07) is 13.6. The van der Waals surface area contributed by atoms with Gasteiger partial charge in [0.15, 0.2) is 5.58 Å². The van der Waals surface area contributed by atoms with Crippen LogP contribution < -0.4 is 5.32 Å². The fourth-order valence-corrected chi connectivity index (χ4v) is 3.43. The van der Waals surface area contributed by atoms with Crippen molar-refractivity contribution in [3.8, 4) is 17.4 Å². The highest BCUT2D eigenvalue weighted by Crippen LogP contribution is 2.33. The van der Waals surface area contributed by atoms with E-state index in [0.717, 1.165) is 23.8 Å². The van der Waals surface area contributed by atoms with Crippen LogP contribution in [0.2, 0.25) is 0 Å². The molecule has 1 saturated heterocycles. The maximum Gasteiger partial charge on any atom is 0.407 e. The number of likely N-dealkylation sites (tertiary alicyclic amines) is 1. The first kappa shape index (κ1) is 16.9. The van der Waals surface area contributed by atoms with Gasteiger partial charge in [-0.3, -0.25) is 0 Å². The number of hydrogen-bond donors (Lipinski definition) is 2. The zero-order valence-electron chi connectivity index (χ0n) is 14.6. The number of hydrogen-bond acceptors (Lipinski definition) is 5. The minimum atomic E-state index is -0.908. The van der Waals surface area contributed by atoms with Gasteiger partial charge in [-0.1, -0.05) is 30.3 Å². The number of nitriles is 1. The van der Waals surface area contributed by atoms with Crippen molar-refractivity contribution >= 4 is 22.9 Å². The van der Waals surface area contributed by atoms with Crippen LogP contribution in [0.1, 0.15) is 18.4 Å². The number of carboxylic acid groups (broad SMARTS) is 1. The molecule has 1 aliphatic rings. The Balaban J connectivity index is 1.70. The van der Waals surface area contributed by atoms with Crippen molar-refractivity contribution in [3.63, 3.8) is 0 Å². The molecule has 1 aliphatic heterocycles. The van der Waals surface area contributed by atoms with E-state index in [2.05, 4.69) is 16.4 Å². The first-order valence-corrected chi connectivity index (χ1v) is 8.78. The van der Waals surface area contributed by atoms with Crippen LogP contribution in [-0.4, -0.2) is 40.2 Å². The van der Waals surface area contributed by atoms with Gasteiger partial charge < -0.3 is 19.7 Å². The second-order valence-electron chi connectivity index (χ2n) is 6.56. The van der Waals surface area contributed by atoms with Crippen molar-refractivity contribution in [2.45, 2.75) is 18.9 Å². The monoisotopic (exact) mass is 362 g/mol. The van der Waals surface area contributed by atoms with E-state index in [1.807, 2.05) is 36.4 Å². The third-order valence-electron chi connectivity index (χ3n) is 4.77. The maximum atomic E-state index is 11.2. The molecule has 0 saturated carbocycles. The normalized spacial score (nSPS) is 16.9. The van der Waals surface area contributed by atoms with Gasteiger partial charge in [-0.2, -0.15) is 5.26 Å². The zero-order valence-corrected chi connectivity index (χ0v) is 14.6. The number of aromatic nitrogens is 1. The quantitative estimate of drug-likeness (QED) is 0.732. The van der Waals surface area contributed by atoms with E-state index in [1.54, 1.807) is 0 Å². The van der Waals surface area contributed by atoms with Crippen LogP contribution in [0.5, 0.6) is 0 Å². The fraction of sp³-hybridized carbons (Fsp3) is 0.250. The summed E-state index contributed by atoms with van der Waals surface area (Å²) in [7, 11) is 0. The van der Waals surface area contributed by atoms with Gasteiger partial charge in [0, 0.05) is 24.7 Å². The molecule has 27 heavy (non-hydrogen) atoms. The number of nitrogens with zero attached hydrogens (tertiary/aromatic N) is 3. The van der Waals surface area contributed by atoms with E-state index >= 15 is 0 Å². The predicted molar refractivity (Wildman–Crippen MR) is 100 cm³/mol. The van der Waals surface area contributed by atoms with Crippen LogP contribution in [0.25, 0.3) is 22.3 Å². The summed E-state index contributed by atoms with van der Waals surface area (Å²) >= 11 is 0. The number of amides is 1. The number of furan rings is 1. The number of nitrogens with one attached hydrogen (secondary N) is 1. The first-order valence-electron chi connectivity index (χ1n) is 8.78. The van der Waals surface area contributed by atoms with Gasteiger partial charge in [-0.15, -0.1) is 0 Å². The highest BCUT2D eigenvalue weighted by atomic mass is 16.4. The molecule has 0 aliphatic carbocycles. The summed E-state index contributed by atoms with van der Waals surface area (Å²) in [6.07, 6.45) is 2.23. The fourth-order valence-electron chi connectivity index (χ4n) is 3.43. The van der Waals surface area contributed by atoms with Gasteiger partial charge >= 0.3 is 6.09 Å². The summed E-state index contributed by atoms with van der Waals surface area (Å²) in [4.78, 5) is 17.0. The Bertz CT molecular complexity index is 1020. The Morgan fingerprint density at radius 2 is 2.19 bits per heavy atom. The van der Waals surface area contributed by atoms with Crippen molar-refractivity contribution < 1.29 is 14.3 Å². The van der Waals surface area contributed by atoms with Crippen molar-refractivity contribution in [1.29, 1.82) is 5.26 Å². The number of benzene rings is 1. The number of anilines is 1. The van der Waals surface area contributed by atoms with E-state index in [-0.39, 0.29) is 6.04 Å². The molecule has 1 aromatic carbocycles. The number of rotatable bonds is 3. The van der Waals surface area contributed by atoms with Crippen molar-refractivity contribution in [2.24, 2.45) is 0 Å². The molecule has 0 unspecified atom stereocenters. The van der Waals surface area contributed by atoms with E-state index in [9.17, 15) is 15.2 Å². The van der Waals surface area contributed by atoms with Crippen LogP contribution >= 0.6 is 0 Å². The Hall–Kier alpha value is -3.53. The van der Waals surface area contributed by atoms with Gasteiger partial charge in [0.05, 0.1) is 11.6 Å². The minimum Gasteiger partial charge on any atom is -0.465 e. The van der Waals surface area contributed by atoms with E-state index in [1.165, 1.54) is 11.1 Å². The van der Waals surface area contributed by atoms with Crippen LogP contribution in [0, 0.1) is 11.3 Å². The van der Waals surface area contributed by atoms with E-state index in [0.29, 0.717) is 35.8 Å². The van der Waals surface area contributed by atoms with Gasteiger partial charge in [0.25, 0.3) is 0 Å². The molecule has 1 fully saturated rings. The topological polar surface area (TPSA) is 102 Å². The summed E-state index contributed by atoms with van der Waals surface area (Å²) in [5.41, 5.74) is 1.77. The average molecular weight is 362 g/mol. The molecule has 4 rings (SSSR count). The smallest absolute Gasteiger partial charge is 0.407 e. The van der Waals surface area contributed by atoms with Crippen LogP contribution in [0.15, 0.2) is 47.0 Å². The summed E-state index contributed by atoms with van der Waals surface area (Å²) < 4.78 is 5.96. The Morgan fingerprint density at radius 1 is 1.37 bits per heavy atom. The van der Waals surface area contributed by atoms with Crippen molar-refractivity contribution in [2.75, 3.05) is 18.4 Å². The molecular weight excluding hydrogens is 344 g/mol. The molecule has 1 amide bonds. The van der Waals surface area contributed by atoms with Crippen molar-refractivity contribution in [3.05, 3.63) is 48.2 Å². The minimum absolute atomic E-state index is 0.0337. The van der Waals surface area contributed by atoms with Crippen LogP contribution in [-0.2, 0) is 0 Å². The third kappa shape index (κ3) is 3.29. The molecule has 2 aromatic heterocycles. The number of carbonyl (C=O) groups is 1. The van der Waals surface area contributed by atoms with Gasteiger partial charge in [-0.25, -0.2) is 9.78 Å². The molecule has 136 valence electrons. The van der Waals surface area contributed by atoms with Crippen LogP contribution in [0.4, 0.5) is 10.6 Å². The van der Waals surface area contributed by atoms with Gasteiger partial charge in [-0.05, 0) is 18.9 Å². The second kappa shape index (κ2) is 7.00. The molecule has 7 nitrogen and oxygen atoms in total. The second-order valence-corrected chi connectivity index (χ2v) is 6.56. The highest BCUT2D eigenvalue weighted by molar-refractivity contribution is 5.94. The SMILES string of the molecule is N#Cc1cnc(N[C@H]2CCCN(C(=O)O)C2)c2cc(-c3ccccc3)oc12. The molecule has 0 bridgehead atoms. The summed E-state index contributed by atoms with van der Waals surface area (Å²) in [5, 5.41) is 22.7. The molecule has 0 radical (unpaired) electrons. The molecule has 7 heteroatoms. The molecule has 0 spiro atoms. The molecular formula is C20H18N4O3. The van der Waals surface area contributed by atoms with E-state index < -0.39 is 6.09 Å². The summed E-state index contributed by atoms with van der Waals surface area (Å²) in [6.45, 7) is 0.954. The number of pyridine rings is 1. The van der Waals surface area contributed by atoms with Crippen molar-refractivity contribution in [1.82, 2.24) is 9.88 Å². The van der Waals surface area contributed by atoms with Crippen LogP contribution in [0.3, 0.4) is 0 Å². The standard InChI is InChI=1S/C20H18N4O3/c21-10-14-11-22-19(23-15-7-4-8-24(12-15)20(25)26)16-9-17(27-18(14)16)13-5-2-1-3-6-13/h1-3,5-6,9,11,15H,4,7-8,12H2,(H,22,23)(H,25,26)/t15-/m0/s1. The first-order chi connectivity index (χ1) is 13.2. The molecule has 2 N–H and O–H groups in total. The predicted octanol–water partition coefficient (Wildman–Crippen LogP) is 3.92. The van der Waals surface area contributed by atoms with Gasteiger partial charge in [0.1, 0.15) is 23.2 Å². The lowest BCUT2D eigenvalue weighted by molar-refractivity contribution is 0.133. The third-order valence-corrected chi connectivity index (χ3v) is 4.77. The maximum absolute atomic E-state index is 11.2. The highest BCUT2D eigenvalue weighted by Gasteiger charge is 2.24.